The van der Waals surface area contributed by atoms with Crippen molar-refractivity contribution < 1.29 is 0 Å². The van der Waals surface area contributed by atoms with Crippen LogP contribution in [0, 0.1) is 0 Å². The smallest absolute Gasteiger partial charge is 0.0474 e. The van der Waals surface area contributed by atoms with Gasteiger partial charge in [-0.15, -0.1) is 0 Å². The van der Waals surface area contributed by atoms with Crippen molar-refractivity contribution in [3.8, 4) is 22.3 Å². The van der Waals surface area contributed by atoms with E-state index in [0.29, 0.717) is 0 Å². The fraction of sp³-hybridized carbons (Fsp3) is 0. The largest absolute Gasteiger partial charge is 0.310 e. The molecule has 0 N–H and O–H groups in total. The van der Waals surface area contributed by atoms with Crippen LogP contribution in [0.4, 0.5) is 17.1 Å². The van der Waals surface area contributed by atoms with Crippen molar-refractivity contribution in [2.75, 3.05) is 4.90 Å². The monoisotopic (exact) mass is 771 g/mol. The lowest BCUT2D eigenvalue weighted by atomic mass is 9.87. The number of nitrogens with zero attached hydrogens (tertiary/aromatic N) is 1. The number of rotatable bonds is 5. The molecule has 0 aliphatic heterocycles. The van der Waals surface area contributed by atoms with Crippen LogP contribution in [0.15, 0.2) is 224 Å². The van der Waals surface area contributed by atoms with Crippen LogP contribution in [0.1, 0.15) is 0 Å². The minimum atomic E-state index is 1.10. The van der Waals surface area contributed by atoms with Crippen LogP contribution >= 0.6 is 0 Å². The van der Waals surface area contributed by atoms with Crippen molar-refractivity contribution in [2.24, 2.45) is 0 Å². The first-order valence-corrected chi connectivity index (χ1v) is 21.2. The highest BCUT2D eigenvalue weighted by molar-refractivity contribution is 6.37. The first-order chi connectivity index (χ1) is 30.2. The number of fused-ring (bicyclic) bond motifs is 4. The SMILES string of the molecule is c1ccc2cc(-c3ccc(N(c4ccc(-c5ccc6ccccc6c5)cc4)c4cc5ccc6cccc7c8cccc9ccc%10cccc(c(c4)c5c67)c%10c98)cc3)ccc2c1. The Bertz CT molecular complexity index is 3730. The molecule has 0 unspecified atom stereocenters. The first-order valence-electron chi connectivity index (χ1n) is 21.2. The van der Waals surface area contributed by atoms with Crippen molar-refractivity contribution >= 4 is 103 Å². The van der Waals surface area contributed by atoms with Gasteiger partial charge in [0, 0.05) is 17.1 Å². The molecule has 0 amide bonds. The first kappa shape index (κ1) is 33.9. The lowest BCUT2D eigenvalue weighted by Gasteiger charge is -2.27. The Morgan fingerprint density at radius 3 is 1.03 bits per heavy atom. The van der Waals surface area contributed by atoms with Gasteiger partial charge in [-0.3, -0.25) is 0 Å². The predicted molar refractivity (Wildman–Crippen MR) is 263 cm³/mol. The van der Waals surface area contributed by atoms with Crippen LogP contribution in [-0.4, -0.2) is 0 Å². The summed E-state index contributed by atoms with van der Waals surface area (Å²) in [5.74, 6) is 0. The second-order valence-electron chi connectivity index (χ2n) is 16.5. The van der Waals surface area contributed by atoms with Crippen LogP contribution < -0.4 is 4.90 Å². The van der Waals surface area contributed by atoms with E-state index in [1.54, 1.807) is 0 Å². The second kappa shape index (κ2) is 13.3. The lowest BCUT2D eigenvalue weighted by Crippen LogP contribution is -2.10. The standard InChI is InChI=1S/C60H37N/c1-3-10-45-34-47(23-18-38(45)8-1)40-26-30-50(31-27-40)61(51-32-28-41(29-33-51)48-24-19-39-9-2-4-11-46(39)35-48)52-36-49-25-22-44-13-6-16-54-53-15-5-12-42-20-21-43-14-7-17-55(59(43)57(42)53)56(37-52)60(49)58(44)54/h1-37H. The molecule has 0 aliphatic carbocycles. The Morgan fingerprint density at radius 1 is 0.197 bits per heavy atom. The number of hydrogen-bond acceptors (Lipinski definition) is 1. The van der Waals surface area contributed by atoms with Gasteiger partial charge >= 0.3 is 0 Å². The van der Waals surface area contributed by atoms with Gasteiger partial charge in [0.1, 0.15) is 0 Å². The Labute approximate surface area is 353 Å². The van der Waals surface area contributed by atoms with E-state index in [1.807, 2.05) is 0 Å². The van der Waals surface area contributed by atoms with Gasteiger partial charge in [-0.25, -0.2) is 0 Å². The zero-order valence-electron chi connectivity index (χ0n) is 33.3. The van der Waals surface area contributed by atoms with Crippen molar-refractivity contribution in [2.45, 2.75) is 0 Å². The average Bonchev–Trinajstić information content (AvgIpc) is 3.33. The van der Waals surface area contributed by atoms with Crippen molar-refractivity contribution in [3.63, 3.8) is 0 Å². The fourth-order valence-electron chi connectivity index (χ4n) is 10.2. The second-order valence-corrected chi connectivity index (χ2v) is 16.5. The fourth-order valence-corrected chi connectivity index (χ4v) is 10.2. The highest BCUT2D eigenvalue weighted by Gasteiger charge is 2.20. The molecule has 282 valence electrons. The summed E-state index contributed by atoms with van der Waals surface area (Å²) >= 11 is 0. The molecule has 0 aromatic heterocycles. The van der Waals surface area contributed by atoms with Crippen LogP contribution in [0.5, 0.6) is 0 Å². The van der Waals surface area contributed by atoms with Gasteiger partial charge in [0.2, 0.25) is 0 Å². The quantitative estimate of drug-likeness (QED) is 0.158. The summed E-state index contributed by atoms with van der Waals surface area (Å²) in [6, 6.07) is 83.4. The molecule has 0 saturated heterocycles. The molecule has 0 saturated carbocycles. The molecule has 0 atom stereocenters. The molecule has 0 radical (unpaired) electrons. The molecule has 0 fully saturated rings. The summed E-state index contributed by atoms with van der Waals surface area (Å²) in [7, 11) is 0. The van der Waals surface area contributed by atoms with Crippen LogP contribution in [-0.2, 0) is 0 Å². The molecule has 0 spiro atoms. The van der Waals surface area contributed by atoms with E-state index >= 15 is 0 Å². The maximum atomic E-state index is 2.45. The van der Waals surface area contributed by atoms with Gasteiger partial charge in [0.15, 0.2) is 0 Å². The van der Waals surface area contributed by atoms with E-state index in [-0.39, 0.29) is 0 Å². The molecule has 13 aromatic rings. The Morgan fingerprint density at radius 2 is 0.557 bits per heavy atom. The molecular weight excluding hydrogens is 735 g/mol. The molecule has 0 heterocycles. The van der Waals surface area contributed by atoms with E-state index in [9.17, 15) is 0 Å². The lowest BCUT2D eigenvalue weighted by molar-refractivity contribution is 1.29. The van der Waals surface area contributed by atoms with Gasteiger partial charge in [0.25, 0.3) is 0 Å². The maximum absolute atomic E-state index is 2.45. The van der Waals surface area contributed by atoms with Gasteiger partial charge < -0.3 is 4.90 Å². The number of anilines is 3. The normalized spacial score (nSPS) is 11.9. The third kappa shape index (κ3) is 5.34. The maximum Gasteiger partial charge on any atom is 0.0474 e. The summed E-state index contributed by atoms with van der Waals surface area (Å²) < 4.78 is 0. The van der Waals surface area contributed by atoms with Crippen molar-refractivity contribution in [1.82, 2.24) is 0 Å². The summed E-state index contributed by atoms with van der Waals surface area (Å²) in [5.41, 5.74) is 8.14. The highest BCUT2D eigenvalue weighted by atomic mass is 15.1. The van der Waals surface area contributed by atoms with Gasteiger partial charge in [0.05, 0.1) is 0 Å². The van der Waals surface area contributed by atoms with E-state index in [2.05, 4.69) is 229 Å². The van der Waals surface area contributed by atoms with E-state index < -0.39 is 0 Å². The average molecular weight is 772 g/mol. The molecular formula is C60H37N. The summed E-state index contributed by atoms with van der Waals surface area (Å²) in [6.07, 6.45) is 0. The molecule has 13 aromatic carbocycles. The third-order valence-electron chi connectivity index (χ3n) is 13.1. The summed E-state index contributed by atoms with van der Waals surface area (Å²) in [4.78, 5) is 2.44. The van der Waals surface area contributed by atoms with Crippen molar-refractivity contribution in [1.29, 1.82) is 0 Å². The molecule has 1 heteroatoms. The Kier molecular flexibility index (Phi) is 7.37. The summed E-state index contributed by atoms with van der Waals surface area (Å²) in [6.45, 7) is 0. The highest BCUT2D eigenvalue weighted by Crippen LogP contribution is 2.46. The Balaban J connectivity index is 1.06. The van der Waals surface area contributed by atoms with Gasteiger partial charge in [-0.05, 0) is 157 Å². The predicted octanol–water partition coefficient (Wildman–Crippen LogP) is 17.2. The minimum absolute atomic E-state index is 1.10. The van der Waals surface area contributed by atoms with Crippen LogP contribution in [0.2, 0.25) is 0 Å². The van der Waals surface area contributed by atoms with E-state index in [1.165, 1.54) is 108 Å². The Hall–Kier alpha value is -8.00. The van der Waals surface area contributed by atoms with Gasteiger partial charge in [-0.2, -0.15) is 0 Å². The topological polar surface area (TPSA) is 3.24 Å². The van der Waals surface area contributed by atoms with E-state index in [0.717, 1.165) is 17.1 Å². The molecule has 13 rings (SSSR count). The zero-order chi connectivity index (χ0) is 40.0. The zero-order valence-corrected chi connectivity index (χ0v) is 33.3. The number of benzene rings is 12. The summed E-state index contributed by atoms with van der Waals surface area (Å²) in [5, 5.41) is 20.4. The van der Waals surface area contributed by atoms with E-state index in [4.69, 9.17) is 0 Å². The molecule has 0 bridgehead atoms. The molecule has 61 heavy (non-hydrogen) atoms. The van der Waals surface area contributed by atoms with Gasteiger partial charge in [-0.1, -0.05) is 176 Å². The number of hydrogen-bond donors (Lipinski definition) is 0. The molecule has 1 nitrogen and oxygen atoms in total. The molecule has 0 aliphatic rings. The third-order valence-corrected chi connectivity index (χ3v) is 13.1. The van der Waals surface area contributed by atoms with Crippen LogP contribution in [0.25, 0.3) is 108 Å². The van der Waals surface area contributed by atoms with Crippen molar-refractivity contribution in [3.05, 3.63) is 224 Å². The van der Waals surface area contributed by atoms with Crippen LogP contribution in [0.3, 0.4) is 0 Å². The minimum Gasteiger partial charge on any atom is -0.310 e.